The van der Waals surface area contributed by atoms with Crippen molar-refractivity contribution in [2.75, 3.05) is 0 Å². The van der Waals surface area contributed by atoms with E-state index in [1.165, 1.54) is 29.5 Å². The van der Waals surface area contributed by atoms with Crippen LogP contribution in [0, 0.1) is 10.1 Å². The van der Waals surface area contributed by atoms with Crippen molar-refractivity contribution in [2.24, 2.45) is 4.99 Å². The van der Waals surface area contributed by atoms with Crippen LogP contribution in [0.5, 0.6) is 0 Å². The molecule has 6 nitrogen and oxygen atoms in total. The van der Waals surface area contributed by atoms with E-state index in [1.807, 2.05) is 17.6 Å². The van der Waals surface area contributed by atoms with E-state index in [9.17, 15) is 14.9 Å². The van der Waals surface area contributed by atoms with Gasteiger partial charge in [-0.15, -0.1) is 0 Å². The molecular formula is C16H11Cl2N3O3S. The summed E-state index contributed by atoms with van der Waals surface area (Å²) in [7, 11) is 0. The second kappa shape index (κ2) is 6.95. The lowest BCUT2D eigenvalue weighted by molar-refractivity contribution is -0.385. The molecule has 0 bridgehead atoms. The Hall–Kier alpha value is -2.22. The fraction of sp³-hybridized carbons (Fsp3) is 0.125. The van der Waals surface area contributed by atoms with Gasteiger partial charge in [0.2, 0.25) is 0 Å². The maximum atomic E-state index is 12.5. The van der Waals surface area contributed by atoms with Gasteiger partial charge in [0, 0.05) is 22.7 Å². The number of rotatable bonds is 3. The smallest absolute Gasteiger partial charge is 0.286 e. The maximum absolute atomic E-state index is 12.5. The predicted octanol–water partition coefficient (Wildman–Crippen LogP) is 4.68. The van der Waals surface area contributed by atoms with Crippen LogP contribution in [-0.2, 0) is 6.54 Å². The highest BCUT2D eigenvalue weighted by Gasteiger charge is 2.20. The average molecular weight is 396 g/mol. The Labute approximate surface area is 156 Å². The zero-order chi connectivity index (χ0) is 18.1. The zero-order valence-electron chi connectivity index (χ0n) is 12.9. The number of aryl methyl sites for hydroxylation is 1. The van der Waals surface area contributed by atoms with Gasteiger partial charge >= 0.3 is 0 Å². The van der Waals surface area contributed by atoms with Crippen molar-refractivity contribution in [3.8, 4) is 0 Å². The summed E-state index contributed by atoms with van der Waals surface area (Å²) in [4.78, 5) is 27.6. The quantitative estimate of drug-likeness (QED) is 0.477. The highest BCUT2D eigenvalue weighted by Crippen LogP contribution is 2.24. The molecule has 1 aromatic heterocycles. The number of thiazole rings is 1. The van der Waals surface area contributed by atoms with Gasteiger partial charge < -0.3 is 4.57 Å². The number of benzene rings is 2. The summed E-state index contributed by atoms with van der Waals surface area (Å²) in [6.45, 7) is 2.51. The first-order valence-electron chi connectivity index (χ1n) is 7.22. The van der Waals surface area contributed by atoms with E-state index in [0.717, 1.165) is 10.2 Å². The van der Waals surface area contributed by atoms with Crippen molar-refractivity contribution in [1.82, 2.24) is 4.57 Å². The first-order chi connectivity index (χ1) is 11.9. The number of hydrogen-bond donors (Lipinski definition) is 0. The predicted molar refractivity (Wildman–Crippen MR) is 98.5 cm³/mol. The van der Waals surface area contributed by atoms with E-state index in [4.69, 9.17) is 23.2 Å². The molecule has 0 N–H and O–H groups in total. The number of nitro groups is 1. The summed E-state index contributed by atoms with van der Waals surface area (Å²) in [5.41, 5.74) is 0.421. The van der Waals surface area contributed by atoms with E-state index in [0.29, 0.717) is 16.4 Å². The van der Waals surface area contributed by atoms with Gasteiger partial charge in [0.15, 0.2) is 4.80 Å². The third kappa shape index (κ3) is 3.44. The monoisotopic (exact) mass is 395 g/mol. The van der Waals surface area contributed by atoms with E-state index < -0.39 is 10.8 Å². The van der Waals surface area contributed by atoms with Crippen LogP contribution in [0.25, 0.3) is 10.2 Å². The minimum absolute atomic E-state index is 0.143. The fourth-order valence-electron chi connectivity index (χ4n) is 2.42. The van der Waals surface area contributed by atoms with Crippen LogP contribution in [-0.4, -0.2) is 15.4 Å². The largest absolute Gasteiger partial charge is 0.317 e. The summed E-state index contributed by atoms with van der Waals surface area (Å²) in [5, 5.41) is 12.0. The average Bonchev–Trinajstić information content (AvgIpc) is 2.90. The number of halogens is 2. The first-order valence-corrected chi connectivity index (χ1v) is 8.80. The third-order valence-electron chi connectivity index (χ3n) is 3.54. The van der Waals surface area contributed by atoms with Gasteiger partial charge in [-0.3, -0.25) is 14.9 Å². The lowest BCUT2D eigenvalue weighted by atomic mass is 10.2. The Kier molecular flexibility index (Phi) is 4.89. The Balaban J connectivity index is 2.19. The van der Waals surface area contributed by atoms with Crippen molar-refractivity contribution in [3.05, 3.63) is 66.9 Å². The van der Waals surface area contributed by atoms with Crippen LogP contribution in [0.4, 0.5) is 5.69 Å². The Bertz CT molecular complexity index is 1070. The fourth-order valence-corrected chi connectivity index (χ4v) is 3.96. The first kappa shape index (κ1) is 17.6. The number of carbonyl (C=O) groups is 1. The SMILES string of the molecule is CCn1c(=NC(=O)c2cc(Cl)ccc2[N+](=O)[O-])sc2cc(Cl)ccc21. The van der Waals surface area contributed by atoms with Crippen molar-refractivity contribution in [2.45, 2.75) is 13.5 Å². The molecule has 128 valence electrons. The van der Waals surface area contributed by atoms with Gasteiger partial charge in [-0.05, 0) is 37.3 Å². The van der Waals surface area contributed by atoms with Gasteiger partial charge in [-0.2, -0.15) is 4.99 Å². The molecule has 0 spiro atoms. The summed E-state index contributed by atoms with van der Waals surface area (Å²) < 4.78 is 2.73. The van der Waals surface area contributed by atoms with Crippen LogP contribution in [0.15, 0.2) is 41.4 Å². The number of nitrogens with zero attached hydrogens (tertiary/aromatic N) is 3. The molecule has 3 aromatic rings. The molecule has 25 heavy (non-hydrogen) atoms. The van der Waals surface area contributed by atoms with Crippen LogP contribution in [0.1, 0.15) is 17.3 Å². The topological polar surface area (TPSA) is 77.5 Å². The van der Waals surface area contributed by atoms with E-state index in [2.05, 4.69) is 4.99 Å². The van der Waals surface area contributed by atoms with Crippen molar-refractivity contribution in [3.63, 3.8) is 0 Å². The highest BCUT2D eigenvalue weighted by molar-refractivity contribution is 7.16. The molecule has 2 aromatic carbocycles. The number of fused-ring (bicyclic) bond motifs is 1. The minimum Gasteiger partial charge on any atom is -0.317 e. The summed E-state index contributed by atoms with van der Waals surface area (Å²) in [6, 6.07) is 9.22. The zero-order valence-corrected chi connectivity index (χ0v) is 15.2. The second-order valence-electron chi connectivity index (χ2n) is 5.08. The molecule has 0 saturated heterocycles. The van der Waals surface area contributed by atoms with Crippen LogP contribution in [0.2, 0.25) is 10.0 Å². The summed E-state index contributed by atoms with van der Waals surface area (Å²) >= 11 is 13.2. The number of carbonyl (C=O) groups excluding carboxylic acids is 1. The van der Waals surface area contributed by atoms with Gasteiger partial charge in [0.1, 0.15) is 5.56 Å². The summed E-state index contributed by atoms with van der Waals surface area (Å²) in [6.07, 6.45) is 0. The molecule has 1 amide bonds. The molecule has 0 aliphatic rings. The molecule has 0 radical (unpaired) electrons. The van der Waals surface area contributed by atoms with Gasteiger partial charge in [-0.25, -0.2) is 0 Å². The molecule has 3 rings (SSSR count). The van der Waals surface area contributed by atoms with Gasteiger partial charge in [-0.1, -0.05) is 34.5 Å². The lowest BCUT2D eigenvalue weighted by Gasteiger charge is -2.01. The third-order valence-corrected chi connectivity index (χ3v) is 5.06. The van der Waals surface area contributed by atoms with E-state index in [1.54, 1.807) is 12.1 Å². The Morgan fingerprint density at radius 3 is 2.60 bits per heavy atom. The highest BCUT2D eigenvalue weighted by atomic mass is 35.5. The van der Waals surface area contributed by atoms with Gasteiger partial charge in [0.05, 0.1) is 15.1 Å². The van der Waals surface area contributed by atoms with E-state index >= 15 is 0 Å². The van der Waals surface area contributed by atoms with Gasteiger partial charge in [0.25, 0.3) is 11.6 Å². The molecule has 9 heteroatoms. The molecular weight excluding hydrogens is 385 g/mol. The Morgan fingerprint density at radius 2 is 1.92 bits per heavy atom. The molecule has 0 saturated carbocycles. The number of aromatic nitrogens is 1. The van der Waals surface area contributed by atoms with Crippen LogP contribution in [0.3, 0.4) is 0 Å². The number of nitro benzene ring substituents is 1. The van der Waals surface area contributed by atoms with Crippen molar-refractivity contribution in [1.29, 1.82) is 0 Å². The molecule has 0 unspecified atom stereocenters. The standard InChI is InChI=1S/C16H11Cl2N3O3S/c1-2-20-13-6-4-10(18)8-14(13)25-16(20)19-15(22)11-7-9(17)3-5-12(11)21(23)24/h3-8H,2H2,1H3. The molecule has 0 atom stereocenters. The van der Waals surface area contributed by atoms with Crippen molar-refractivity contribution >= 4 is 56.3 Å². The van der Waals surface area contributed by atoms with Crippen molar-refractivity contribution < 1.29 is 9.72 Å². The molecule has 0 aliphatic heterocycles. The lowest BCUT2D eigenvalue weighted by Crippen LogP contribution is -2.16. The van der Waals surface area contributed by atoms with Crippen LogP contribution >= 0.6 is 34.5 Å². The minimum atomic E-state index is -0.714. The molecule has 1 heterocycles. The number of amides is 1. The second-order valence-corrected chi connectivity index (χ2v) is 6.96. The number of hydrogen-bond acceptors (Lipinski definition) is 4. The van der Waals surface area contributed by atoms with E-state index in [-0.39, 0.29) is 16.3 Å². The van der Waals surface area contributed by atoms with Crippen LogP contribution < -0.4 is 4.80 Å². The molecule has 0 aliphatic carbocycles. The summed E-state index contributed by atoms with van der Waals surface area (Å²) in [5.74, 6) is -0.714. The Morgan fingerprint density at radius 1 is 1.24 bits per heavy atom. The normalized spacial score (nSPS) is 11.9. The molecule has 0 fully saturated rings. The maximum Gasteiger partial charge on any atom is 0.286 e.